The topological polar surface area (TPSA) is 46.5 Å². The molecule has 5 heteroatoms. The van der Waals surface area contributed by atoms with Gasteiger partial charge in [0, 0.05) is 11.1 Å². The van der Waals surface area contributed by atoms with E-state index in [1.807, 2.05) is 6.07 Å². The SMILES string of the molecule is O=C(O)C1CCOC1c1ccc(Br)c(Cl)c1. The van der Waals surface area contributed by atoms with Crippen molar-refractivity contribution in [2.45, 2.75) is 12.5 Å². The number of hydrogen-bond donors (Lipinski definition) is 1. The van der Waals surface area contributed by atoms with Gasteiger partial charge in [-0.3, -0.25) is 4.79 Å². The first kappa shape index (κ1) is 11.9. The molecule has 2 atom stereocenters. The lowest BCUT2D eigenvalue weighted by atomic mass is 9.96. The Morgan fingerprint density at radius 1 is 1.56 bits per heavy atom. The molecule has 1 saturated heterocycles. The van der Waals surface area contributed by atoms with Crippen LogP contribution in [-0.2, 0) is 9.53 Å². The zero-order valence-electron chi connectivity index (χ0n) is 8.32. The summed E-state index contributed by atoms with van der Waals surface area (Å²) in [5.41, 5.74) is 0.818. The fraction of sp³-hybridized carbons (Fsp3) is 0.364. The van der Waals surface area contributed by atoms with E-state index in [4.69, 9.17) is 21.4 Å². The number of rotatable bonds is 2. The van der Waals surface area contributed by atoms with Crippen molar-refractivity contribution in [2.75, 3.05) is 6.61 Å². The van der Waals surface area contributed by atoms with Crippen molar-refractivity contribution >= 4 is 33.5 Å². The van der Waals surface area contributed by atoms with Gasteiger partial charge in [0.15, 0.2) is 0 Å². The maximum atomic E-state index is 11.0. The average molecular weight is 306 g/mol. The first-order valence-corrected chi connectivity index (χ1v) is 6.06. The zero-order valence-corrected chi connectivity index (χ0v) is 10.7. The second-order valence-corrected chi connectivity index (χ2v) is 4.96. The van der Waals surface area contributed by atoms with Crippen LogP contribution < -0.4 is 0 Å². The molecule has 2 unspecified atom stereocenters. The molecular weight excluding hydrogens is 295 g/mol. The lowest BCUT2D eigenvalue weighted by molar-refractivity contribution is -0.143. The van der Waals surface area contributed by atoms with Crippen molar-refractivity contribution in [2.24, 2.45) is 5.92 Å². The molecule has 2 rings (SSSR count). The number of carboxylic acid groups (broad SMARTS) is 1. The second-order valence-electron chi connectivity index (χ2n) is 3.70. The Morgan fingerprint density at radius 3 is 2.94 bits per heavy atom. The Hall–Kier alpha value is -0.580. The Kier molecular flexibility index (Phi) is 3.52. The van der Waals surface area contributed by atoms with Crippen LogP contribution in [0.15, 0.2) is 22.7 Å². The molecule has 1 aromatic carbocycles. The third-order valence-electron chi connectivity index (χ3n) is 2.68. The van der Waals surface area contributed by atoms with E-state index in [2.05, 4.69) is 15.9 Å². The van der Waals surface area contributed by atoms with Gasteiger partial charge < -0.3 is 9.84 Å². The summed E-state index contributed by atoms with van der Waals surface area (Å²) in [5, 5.41) is 9.61. The van der Waals surface area contributed by atoms with E-state index in [0.717, 1.165) is 10.0 Å². The van der Waals surface area contributed by atoms with Crippen LogP contribution in [-0.4, -0.2) is 17.7 Å². The van der Waals surface area contributed by atoms with Crippen molar-refractivity contribution in [1.82, 2.24) is 0 Å². The summed E-state index contributed by atoms with van der Waals surface area (Å²) < 4.78 is 6.25. The molecule has 0 aliphatic carbocycles. The molecule has 0 amide bonds. The first-order valence-electron chi connectivity index (χ1n) is 4.89. The number of halogens is 2. The molecule has 1 aliphatic heterocycles. The smallest absolute Gasteiger partial charge is 0.309 e. The van der Waals surface area contributed by atoms with Gasteiger partial charge in [0.05, 0.1) is 17.0 Å². The van der Waals surface area contributed by atoms with Crippen LogP contribution in [0.1, 0.15) is 18.1 Å². The quantitative estimate of drug-likeness (QED) is 0.912. The van der Waals surface area contributed by atoms with Gasteiger partial charge in [-0.05, 0) is 40.0 Å². The Labute approximate surface area is 106 Å². The number of aliphatic carboxylic acids is 1. The minimum absolute atomic E-state index is 0.386. The summed E-state index contributed by atoms with van der Waals surface area (Å²) in [5.74, 6) is -1.29. The van der Waals surface area contributed by atoms with Crippen LogP contribution in [0.5, 0.6) is 0 Å². The molecule has 0 saturated carbocycles. The maximum Gasteiger partial charge on any atom is 0.309 e. The summed E-state index contributed by atoms with van der Waals surface area (Å²) in [7, 11) is 0. The largest absolute Gasteiger partial charge is 0.481 e. The molecule has 1 aliphatic rings. The highest BCUT2D eigenvalue weighted by molar-refractivity contribution is 9.10. The van der Waals surface area contributed by atoms with Gasteiger partial charge in [-0.2, -0.15) is 0 Å². The van der Waals surface area contributed by atoms with E-state index in [-0.39, 0.29) is 6.10 Å². The lowest BCUT2D eigenvalue weighted by Gasteiger charge is -2.15. The van der Waals surface area contributed by atoms with Gasteiger partial charge in [-0.25, -0.2) is 0 Å². The molecule has 16 heavy (non-hydrogen) atoms. The number of benzene rings is 1. The van der Waals surface area contributed by atoms with E-state index in [9.17, 15) is 4.79 Å². The third-order valence-corrected chi connectivity index (χ3v) is 3.91. The molecule has 0 bridgehead atoms. The number of hydrogen-bond acceptors (Lipinski definition) is 2. The van der Waals surface area contributed by atoms with E-state index in [1.54, 1.807) is 12.1 Å². The molecular formula is C11H10BrClO3. The van der Waals surface area contributed by atoms with Crippen LogP contribution in [0.2, 0.25) is 5.02 Å². The Morgan fingerprint density at radius 2 is 2.31 bits per heavy atom. The second kappa shape index (κ2) is 4.73. The number of carbonyl (C=O) groups is 1. The third kappa shape index (κ3) is 2.24. The normalized spacial score (nSPS) is 24.6. The van der Waals surface area contributed by atoms with Gasteiger partial charge in [-0.15, -0.1) is 0 Å². The van der Waals surface area contributed by atoms with E-state index < -0.39 is 11.9 Å². The average Bonchev–Trinajstić information content (AvgIpc) is 2.71. The molecule has 3 nitrogen and oxygen atoms in total. The molecule has 1 aromatic rings. The number of ether oxygens (including phenoxy) is 1. The van der Waals surface area contributed by atoms with Gasteiger partial charge in [0.2, 0.25) is 0 Å². The summed E-state index contributed by atoms with van der Waals surface area (Å²) >= 11 is 9.26. The van der Waals surface area contributed by atoms with Crippen LogP contribution in [0.3, 0.4) is 0 Å². The fourth-order valence-electron chi connectivity index (χ4n) is 1.86. The summed E-state index contributed by atoms with van der Waals surface area (Å²) in [4.78, 5) is 11.0. The molecule has 1 fully saturated rings. The number of carboxylic acids is 1. The first-order chi connectivity index (χ1) is 7.59. The molecule has 1 N–H and O–H groups in total. The van der Waals surface area contributed by atoms with Crippen LogP contribution in [0, 0.1) is 5.92 Å². The maximum absolute atomic E-state index is 11.0. The standard InChI is InChI=1S/C11H10BrClO3/c12-8-2-1-6(5-9(8)13)10-7(11(14)15)3-4-16-10/h1-2,5,7,10H,3-4H2,(H,14,15). The highest BCUT2D eigenvalue weighted by atomic mass is 79.9. The zero-order chi connectivity index (χ0) is 11.7. The Balaban J connectivity index is 2.29. The predicted octanol–water partition coefficient (Wildman–Crippen LogP) is 3.26. The highest BCUT2D eigenvalue weighted by Gasteiger charge is 2.35. The van der Waals surface area contributed by atoms with Crippen LogP contribution >= 0.6 is 27.5 Å². The van der Waals surface area contributed by atoms with Crippen molar-refractivity contribution in [3.8, 4) is 0 Å². The Bertz CT molecular complexity index is 422. The summed E-state index contributed by atoms with van der Waals surface area (Å²) in [6, 6.07) is 5.39. The van der Waals surface area contributed by atoms with Gasteiger partial charge in [-0.1, -0.05) is 17.7 Å². The molecule has 0 radical (unpaired) electrons. The molecule has 86 valence electrons. The molecule has 1 heterocycles. The van der Waals surface area contributed by atoms with Crippen molar-refractivity contribution in [3.63, 3.8) is 0 Å². The van der Waals surface area contributed by atoms with Crippen LogP contribution in [0.4, 0.5) is 0 Å². The van der Waals surface area contributed by atoms with E-state index in [1.165, 1.54) is 0 Å². The van der Waals surface area contributed by atoms with Gasteiger partial charge in [0.25, 0.3) is 0 Å². The van der Waals surface area contributed by atoms with E-state index >= 15 is 0 Å². The van der Waals surface area contributed by atoms with Crippen molar-refractivity contribution < 1.29 is 14.6 Å². The molecule has 0 aromatic heterocycles. The fourth-order valence-corrected chi connectivity index (χ4v) is 2.30. The van der Waals surface area contributed by atoms with Crippen LogP contribution in [0.25, 0.3) is 0 Å². The minimum Gasteiger partial charge on any atom is -0.481 e. The summed E-state index contributed by atoms with van der Waals surface area (Å²) in [6.45, 7) is 0.481. The van der Waals surface area contributed by atoms with Gasteiger partial charge >= 0.3 is 5.97 Å². The highest BCUT2D eigenvalue weighted by Crippen LogP contribution is 2.36. The van der Waals surface area contributed by atoms with Crippen molar-refractivity contribution in [1.29, 1.82) is 0 Å². The molecule has 0 spiro atoms. The lowest BCUT2D eigenvalue weighted by Crippen LogP contribution is -2.17. The predicted molar refractivity (Wildman–Crippen MR) is 63.6 cm³/mol. The van der Waals surface area contributed by atoms with Gasteiger partial charge in [0.1, 0.15) is 0 Å². The summed E-state index contributed by atoms with van der Waals surface area (Å²) in [6.07, 6.45) is 0.163. The van der Waals surface area contributed by atoms with Crippen molar-refractivity contribution in [3.05, 3.63) is 33.3 Å². The monoisotopic (exact) mass is 304 g/mol. The van der Waals surface area contributed by atoms with E-state index in [0.29, 0.717) is 18.1 Å². The minimum atomic E-state index is -0.818.